The van der Waals surface area contributed by atoms with Crippen molar-refractivity contribution in [3.63, 3.8) is 0 Å². The van der Waals surface area contributed by atoms with E-state index in [0.717, 1.165) is 0 Å². The highest BCUT2D eigenvalue weighted by atomic mass is 16.6. The number of ether oxygens (including phenoxy) is 1. The van der Waals surface area contributed by atoms with Crippen molar-refractivity contribution in [2.24, 2.45) is 0 Å². The maximum atomic E-state index is 12.5. The third-order valence-electron chi connectivity index (χ3n) is 2.92. The molecule has 0 radical (unpaired) electrons. The van der Waals surface area contributed by atoms with Gasteiger partial charge in [0.15, 0.2) is 5.56 Å². The number of hydrogen-bond acceptors (Lipinski definition) is 5. The van der Waals surface area contributed by atoms with Crippen molar-refractivity contribution in [1.29, 1.82) is 0 Å². The SMILES string of the molecule is COc1cccc([N+](=O)[O-])c1C(=O)N(C)Cc1ncc[nH]1. The van der Waals surface area contributed by atoms with Crippen LogP contribution in [0.5, 0.6) is 5.75 Å². The van der Waals surface area contributed by atoms with Crippen molar-refractivity contribution in [2.75, 3.05) is 14.2 Å². The molecular formula is C13H14N4O4. The molecule has 2 rings (SSSR count). The maximum absolute atomic E-state index is 12.5. The molecule has 0 atom stereocenters. The fraction of sp³-hybridized carbons (Fsp3) is 0.231. The predicted molar refractivity (Wildman–Crippen MR) is 74.0 cm³/mol. The number of carbonyl (C=O) groups is 1. The van der Waals surface area contributed by atoms with Crippen LogP contribution in [0.1, 0.15) is 16.2 Å². The van der Waals surface area contributed by atoms with Crippen molar-refractivity contribution in [3.05, 3.63) is 52.1 Å². The molecule has 8 heteroatoms. The molecule has 110 valence electrons. The molecule has 1 aromatic heterocycles. The van der Waals surface area contributed by atoms with E-state index < -0.39 is 10.8 Å². The lowest BCUT2D eigenvalue weighted by molar-refractivity contribution is -0.385. The van der Waals surface area contributed by atoms with Gasteiger partial charge in [0.05, 0.1) is 18.6 Å². The Morgan fingerprint density at radius 2 is 2.29 bits per heavy atom. The maximum Gasteiger partial charge on any atom is 0.285 e. The Morgan fingerprint density at radius 3 is 2.86 bits per heavy atom. The Morgan fingerprint density at radius 1 is 1.52 bits per heavy atom. The van der Waals surface area contributed by atoms with Gasteiger partial charge in [-0.25, -0.2) is 4.98 Å². The molecule has 1 aromatic carbocycles. The lowest BCUT2D eigenvalue weighted by atomic mass is 10.1. The minimum absolute atomic E-state index is 0.0703. The van der Waals surface area contributed by atoms with Gasteiger partial charge >= 0.3 is 0 Å². The fourth-order valence-electron chi connectivity index (χ4n) is 1.93. The second-order valence-electron chi connectivity index (χ2n) is 4.31. The van der Waals surface area contributed by atoms with Gasteiger partial charge in [-0.3, -0.25) is 14.9 Å². The van der Waals surface area contributed by atoms with Crippen LogP contribution in [0, 0.1) is 10.1 Å². The third-order valence-corrected chi connectivity index (χ3v) is 2.92. The molecule has 8 nitrogen and oxygen atoms in total. The van der Waals surface area contributed by atoms with Gasteiger partial charge < -0.3 is 14.6 Å². The molecule has 0 saturated carbocycles. The first-order valence-electron chi connectivity index (χ1n) is 6.09. The van der Waals surface area contributed by atoms with Crippen LogP contribution in [-0.4, -0.2) is 39.9 Å². The molecular weight excluding hydrogens is 276 g/mol. The summed E-state index contributed by atoms with van der Waals surface area (Å²) in [5.74, 6) is 0.249. The summed E-state index contributed by atoms with van der Waals surface area (Å²) < 4.78 is 5.07. The predicted octanol–water partition coefficient (Wildman–Crippen LogP) is 1.60. The Hall–Kier alpha value is -2.90. The van der Waals surface area contributed by atoms with Gasteiger partial charge in [0.25, 0.3) is 11.6 Å². The lowest BCUT2D eigenvalue weighted by Gasteiger charge is -2.17. The molecule has 0 aliphatic heterocycles. The van der Waals surface area contributed by atoms with Gasteiger partial charge in [-0.15, -0.1) is 0 Å². The van der Waals surface area contributed by atoms with Gasteiger partial charge in [0, 0.05) is 25.5 Å². The molecule has 0 aliphatic rings. The number of nitro groups is 1. The highest BCUT2D eigenvalue weighted by Gasteiger charge is 2.27. The highest BCUT2D eigenvalue weighted by molar-refractivity contribution is 6.00. The van der Waals surface area contributed by atoms with E-state index in [-0.39, 0.29) is 23.5 Å². The molecule has 0 bridgehead atoms. The van der Waals surface area contributed by atoms with Crippen LogP contribution < -0.4 is 4.74 Å². The van der Waals surface area contributed by atoms with Gasteiger partial charge in [-0.1, -0.05) is 6.07 Å². The second-order valence-corrected chi connectivity index (χ2v) is 4.31. The zero-order chi connectivity index (χ0) is 15.4. The zero-order valence-corrected chi connectivity index (χ0v) is 11.6. The van der Waals surface area contributed by atoms with Crippen molar-refractivity contribution in [1.82, 2.24) is 14.9 Å². The zero-order valence-electron chi connectivity index (χ0n) is 11.6. The highest BCUT2D eigenvalue weighted by Crippen LogP contribution is 2.29. The first kappa shape index (κ1) is 14.5. The summed E-state index contributed by atoms with van der Waals surface area (Å²) in [6, 6.07) is 4.26. The summed E-state index contributed by atoms with van der Waals surface area (Å²) in [7, 11) is 2.91. The standard InChI is InChI=1S/C13H14N4O4/c1-16(8-11-14-6-7-15-11)13(18)12-9(17(19)20)4-3-5-10(12)21-2/h3-7H,8H2,1-2H3,(H,14,15). The largest absolute Gasteiger partial charge is 0.496 e. The van der Waals surface area contributed by atoms with Crippen molar-refractivity contribution in [2.45, 2.75) is 6.54 Å². The van der Waals surface area contributed by atoms with Gasteiger partial charge in [0.1, 0.15) is 11.6 Å². The average molecular weight is 290 g/mol. The number of rotatable bonds is 5. The molecule has 1 N–H and O–H groups in total. The molecule has 0 aliphatic carbocycles. The summed E-state index contributed by atoms with van der Waals surface area (Å²) in [5.41, 5.74) is -0.357. The minimum Gasteiger partial charge on any atom is -0.496 e. The van der Waals surface area contributed by atoms with E-state index in [1.807, 2.05) is 0 Å². The van der Waals surface area contributed by atoms with E-state index in [2.05, 4.69) is 9.97 Å². The number of methoxy groups -OCH3 is 1. The van der Waals surface area contributed by atoms with E-state index in [1.54, 1.807) is 19.4 Å². The number of amides is 1. The number of carbonyl (C=O) groups excluding carboxylic acids is 1. The Balaban J connectivity index is 2.35. The van der Waals surface area contributed by atoms with Crippen LogP contribution in [0.4, 0.5) is 5.69 Å². The number of benzene rings is 1. The number of nitro benzene ring substituents is 1. The van der Waals surface area contributed by atoms with Crippen LogP contribution in [0.2, 0.25) is 0 Å². The monoisotopic (exact) mass is 290 g/mol. The molecule has 1 heterocycles. The number of aromatic nitrogens is 2. The van der Waals surface area contributed by atoms with E-state index >= 15 is 0 Å². The molecule has 0 spiro atoms. The molecule has 0 fully saturated rings. The quantitative estimate of drug-likeness (QED) is 0.665. The van der Waals surface area contributed by atoms with Crippen LogP contribution >= 0.6 is 0 Å². The lowest BCUT2D eigenvalue weighted by Crippen LogP contribution is -2.27. The Labute approximate surface area is 120 Å². The average Bonchev–Trinajstić information content (AvgIpc) is 2.98. The Bertz CT molecular complexity index is 654. The molecule has 0 unspecified atom stereocenters. The van der Waals surface area contributed by atoms with Gasteiger partial charge in [-0.2, -0.15) is 0 Å². The number of imidazole rings is 1. The number of aromatic amines is 1. The van der Waals surface area contributed by atoms with Gasteiger partial charge in [0.2, 0.25) is 0 Å². The Kier molecular flexibility index (Phi) is 4.17. The number of H-pyrrole nitrogens is 1. The number of hydrogen-bond donors (Lipinski definition) is 1. The van der Waals surface area contributed by atoms with Crippen LogP contribution in [0.15, 0.2) is 30.6 Å². The molecule has 1 amide bonds. The van der Waals surface area contributed by atoms with Crippen molar-refractivity contribution >= 4 is 11.6 Å². The summed E-state index contributed by atoms with van der Waals surface area (Å²) >= 11 is 0. The third kappa shape index (κ3) is 2.99. The van der Waals surface area contributed by atoms with E-state index in [9.17, 15) is 14.9 Å². The van der Waals surface area contributed by atoms with E-state index in [4.69, 9.17) is 4.74 Å². The smallest absolute Gasteiger partial charge is 0.285 e. The summed E-state index contributed by atoms with van der Waals surface area (Å²) in [6.07, 6.45) is 3.21. The van der Waals surface area contributed by atoms with Crippen molar-refractivity contribution in [3.8, 4) is 5.75 Å². The number of nitrogens with one attached hydrogen (secondary N) is 1. The van der Waals surface area contributed by atoms with E-state index in [1.165, 1.54) is 30.2 Å². The van der Waals surface area contributed by atoms with Gasteiger partial charge in [-0.05, 0) is 6.07 Å². The van der Waals surface area contributed by atoms with Crippen LogP contribution in [0.25, 0.3) is 0 Å². The topological polar surface area (TPSA) is 101 Å². The molecule has 2 aromatic rings. The van der Waals surface area contributed by atoms with Crippen LogP contribution in [0.3, 0.4) is 0 Å². The second kappa shape index (κ2) is 6.04. The summed E-state index contributed by atoms with van der Waals surface area (Å²) in [4.78, 5) is 31.2. The van der Waals surface area contributed by atoms with E-state index in [0.29, 0.717) is 5.82 Å². The summed E-state index contributed by atoms with van der Waals surface area (Å²) in [5, 5.41) is 11.1. The minimum atomic E-state index is -0.601. The molecule has 0 saturated heterocycles. The molecule has 21 heavy (non-hydrogen) atoms. The van der Waals surface area contributed by atoms with Crippen molar-refractivity contribution < 1.29 is 14.5 Å². The van der Waals surface area contributed by atoms with Crippen LogP contribution in [-0.2, 0) is 6.54 Å². The number of nitrogens with zero attached hydrogens (tertiary/aromatic N) is 3. The summed E-state index contributed by atoms with van der Waals surface area (Å²) in [6.45, 7) is 0.209. The first-order chi connectivity index (χ1) is 10.0. The normalized spacial score (nSPS) is 10.2. The first-order valence-corrected chi connectivity index (χ1v) is 6.09. The fourth-order valence-corrected chi connectivity index (χ4v) is 1.93.